The van der Waals surface area contributed by atoms with Crippen LogP contribution in [-0.2, 0) is 12.8 Å². The van der Waals surface area contributed by atoms with Crippen molar-refractivity contribution in [2.24, 2.45) is 0 Å². The van der Waals surface area contributed by atoms with E-state index in [2.05, 4.69) is 22.8 Å². The van der Waals surface area contributed by atoms with E-state index in [0.29, 0.717) is 6.42 Å². The van der Waals surface area contributed by atoms with Crippen molar-refractivity contribution < 1.29 is 14.3 Å². The molecule has 1 aliphatic heterocycles. The Morgan fingerprint density at radius 2 is 1.62 bits per heavy atom. The van der Waals surface area contributed by atoms with Crippen LogP contribution in [0.25, 0.3) is 0 Å². The van der Waals surface area contributed by atoms with Crippen molar-refractivity contribution in [3.63, 3.8) is 0 Å². The highest BCUT2D eigenvalue weighted by molar-refractivity contribution is 5.90. The molecule has 4 rings (SSSR count). The minimum atomic E-state index is -0.207. The van der Waals surface area contributed by atoms with Gasteiger partial charge in [-0.3, -0.25) is 0 Å². The fourth-order valence-electron chi connectivity index (χ4n) is 3.48. The van der Waals surface area contributed by atoms with Crippen molar-refractivity contribution in [1.29, 1.82) is 0 Å². The summed E-state index contributed by atoms with van der Waals surface area (Å²) in [5.74, 6) is 1.52. The molecule has 0 bridgehead atoms. The van der Waals surface area contributed by atoms with Crippen LogP contribution >= 0.6 is 0 Å². The van der Waals surface area contributed by atoms with E-state index < -0.39 is 0 Å². The molecule has 2 N–H and O–H groups in total. The second-order valence-electron chi connectivity index (χ2n) is 7.19. The van der Waals surface area contributed by atoms with Gasteiger partial charge in [-0.15, -0.1) is 0 Å². The van der Waals surface area contributed by atoms with Crippen LogP contribution in [0.4, 0.5) is 10.5 Å². The van der Waals surface area contributed by atoms with Gasteiger partial charge in [-0.25, -0.2) is 4.79 Å². The van der Waals surface area contributed by atoms with Gasteiger partial charge < -0.3 is 20.1 Å². The number of urea groups is 1. The number of nitrogens with one attached hydrogen (secondary N) is 2. The molecular formula is C24H24N2O3. The maximum absolute atomic E-state index is 12.7. The van der Waals surface area contributed by atoms with E-state index in [-0.39, 0.29) is 18.9 Å². The van der Waals surface area contributed by atoms with Crippen LogP contribution < -0.4 is 20.1 Å². The maximum Gasteiger partial charge on any atom is 0.319 e. The number of carbonyl (C=O) groups excluding carboxylic acids is 1. The van der Waals surface area contributed by atoms with E-state index in [1.54, 1.807) is 0 Å². The third kappa shape index (κ3) is 4.88. The van der Waals surface area contributed by atoms with Crippen molar-refractivity contribution in [2.75, 3.05) is 12.1 Å². The topological polar surface area (TPSA) is 59.6 Å². The molecule has 148 valence electrons. The van der Waals surface area contributed by atoms with E-state index in [9.17, 15) is 4.79 Å². The lowest BCUT2D eigenvalue weighted by Gasteiger charge is -2.20. The van der Waals surface area contributed by atoms with E-state index in [4.69, 9.17) is 9.47 Å². The minimum Gasteiger partial charge on any atom is -0.454 e. The van der Waals surface area contributed by atoms with Crippen LogP contribution in [0.5, 0.6) is 11.5 Å². The van der Waals surface area contributed by atoms with Crippen molar-refractivity contribution in [1.82, 2.24) is 5.32 Å². The number of rotatable bonds is 6. The lowest BCUT2D eigenvalue weighted by molar-refractivity contribution is 0.174. The lowest BCUT2D eigenvalue weighted by Crippen LogP contribution is -2.40. The average molecular weight is 388 g/mol. The van der Waals surface area contributed by atoms with Crippen LogP contribution in [-0.4, -0.2) is 18.9 Å². The first kappa shape index (κ1) is 18.9. The van der Waals surface area contributed by atoms with E-state index >= 15 is 0 Å². The highest BCUT2D eigenvalue weighted by Crippen LogP contribution is 2.32. The standard InChI is InChI=1S/C24H24N2O3/c1-17-7-5-6-10-21(17)26-24(27)25-20(13-18-8-3-2-4-9-18)14-19-11-12-22-23(15-19)29-16-28-22/h2-12,15,20H,13-14,16H2,1H3,(H2,25,26,27). The molecule has 2 amide bonds. The number of benzene rings is 3. The molecule has 0 saturated heterocycles. The van der Waals surface area contributed by atoms with E-state index in [0.717, 1.165) is 34.7 Å². The summed E-state index contributed by atoms with van der Waals surface area (Å²) in [6, 6.07) is 23.6. The van der Waals surface area contributed by atoms with Gasteiger partial charge >= 0.3 is 6.03 Å². The summed E-state index contributed by atoms with van der Waals surface area (Å²) in [6.07, 6.45) is 1.42. The van der Waals surface area contributed by atoms with Crippen LogP contribution in [0.2, 0.25) is 0 Å². The minimum absolute atomic E-state index is 0.0678. The van der Waals surface area contributed by atoms with Gasteiger partial charge in [0.1, 0.15) is 0 Å². The highest BCUT2D eigenvalue weighted by Gasteiger charge is 2.18. The molecule has 1 atom stereocenters. The number of hydrogen-bond acceptors (Lipinski definition) is 3. The van der Waals surface area contributed by atoms with Gasteiger partial charge in [0.05, 0.1) is 0 Å². The largest absolute Gasteiger partial charge is 0.454 e. The van der Waals surface area contributed by atoms with E-state index in [1.165, 1.54) is 5.56 Å². The summed E-state index contributed by atoms with van der Waals surface area (Å²) in [5, 5.41) is 6.09. The summed E-state index contributed by atoms with van der Waals surface area (Å²) >= 11 is 0. The molecule has 0 saturated carbocycles. The van der Waals surface area contributed by atoms with Crippen molar-refractivity contribution in [2.45, 2.75) is 25.8 Å². The zero-order valence-electron chi connectivity index (χ0n) is 16.4. The number of amides is 2. The molecule has 5 heteroatoms. The van der Waals surface area contributed by atoms with Crippen molar-refractivity contribution in [3.8, 4) is 11.5 Å². The molecule has 1 heterocycles. The third-order valence-electron chi connectivity index (χ3n) is 4.97. The fraction of sp³-hybridized carbons (Fsp3) is 0.208. The summed E-state index contributed by atoms with van der Waals surface area (Å²) in [6.45, 7) is 2.23. The number of ether oxygens (including phenoxy) is 2. The molecule has 0 spiro atoms. The normalized spacial score (nSPS) is 13.0. The molecule has 1 aliphatic rings. The Morgan fingerprint density at radius 1 is 0.897 bits per heavy atom. The first-order chi connectivity index (χ1) is 14.2. The smallest absolute Gasteiger partial charge is 0.319 e. The van der Waals surface area contributed by atoms with Crippen LogP contribution in [0, 0.1) is 6.92 Å². The Balaban J connectivity index is 1.48. The molecule has 5 nitrogen and oxygen atoms in total. The first-order valence-electron chi connectivity index (χ1n) is 9.73. The molecule has 0 radical (unpaired) electrons. The number of carbonyl (C=O) groups is 1. The predicted molar refractivity (Wildman–Crippen MR) is 114 cm³/mol. The SMILES string of the molecule is Cc1ccccc1NC(=O)NC(Cc1ccccc1)Cc1ccc2c(c1)OCO2. The first-order valence-corrected chi connectivity index (χ1v) is 9.73. The van der Waals surface area contributed by atoms with Crippen LogP contribution in [0.1, 0.15) is 16.7 Å². The second kappa shape index (κ2) is 8.69. The van der Waals surface area contributed by atoms with Crippen molar-refractivity contribution in [3.05, 3.63) is 89.5 Å². The molecule has 0 aliphatic carbocycles. The molecule has 29 heavy (non-hydrogen) atoms. The van der Waals surface area contributed by atoms with Gasteiger partial charge in [0, 0.05) is 11.7 Å². The molecule has 0 fully saturated rings. The van der Waals surface area contributed by atoms with Gasteiger partial charge in [0.15, 0.2) is 11.5 Å². The summed E-state index contributed by atoms with van der Waals surface area (Å²) in [5.41, 5.74) is 4.10. The number of hydrogen-bond donors (Lipinski definition) is 2. The Labute approximate surface area is 170 Å². The van der Waals surface area contributed by atoms with Gasteiger partial charge in [0.2, 0.25) is 6.79 Å². The molecule has 3 aromatic carbocycles. The maximum atomic E-state index is 12.7. The Bertz CT molecular complexity index is 988. The summed E-state index contributed by atoms with van der Waals surface area (Å²) < 4.78 is 10.9. The predicted octanol–water partition coefficient (Wildman–Crippen LogP) is 4.70. The second-order valence-corrected chi connectivity index (χ2v) is 7.19. The summed E-state index contributed by atoms with van der Waals surface area (Å²) in [4.78, 5) is 12.7. The highest BCUT2D eigenvalue weighted by atomic mass is 16.7. The van der Waals surface area contributed by atoms with Gasteiger partial charge in [-0.2, -0.15) is 0 Å². The average Bonchev–Trinajstić information content (AvgIpc) is 3.18. The third-order valence-corrected chi connectivity index (χ3v) is 4.97. The number of fused-ring (bicyclic) bond motifs is 1. The molecule has 1 unspecified atom stereocenters. The monoisotopic (exact) mass is 388 g/mol. The Hall–Kier alpha value is -3.47. The van der Waals surface area contributed by atoms with Gasteiger partial charge in [-0.05, 0) is 54.7 Å². The van der Waals surface area contributed by atoms with E-state index in [1.807, 2.05) is 67.6 Å². The number of aryl methyl sites for hydroxylation is 1. The lowest BCUT2D eigenvalue weighted by atomic mass is 9.98. The van der Waals surface area contributed by atoms with Gasteiger partial charge in [0.25, 0.3) is 0 Å². The quantitative estimate of drug-likeness (QED) is 0.644. The number of para-hydroxylation sites is 1. The zero-order chi connectivity index (χ0) is 20.1. The Morgan fingerprint density at radius 3 is 2.45 bits per heavy atom. The molecule has 0 aromatic heterocycles. The Kier molecular flexibility index (Phi) is 5.66. The summed E-state index contributed by atoms with van der Waals surface area (Å²) in [7, 11) is 0. The zero-order valence-corrected chi connectivity index (χ0v) is 16.4. The molecule has 3 aromatic rings. The number of anilines is 1. The van der Waals surface area contributed by atoms with Crippen LogP contribution in [0.15, 0.2) is 72.8 Å². The van der Waals surface area contributed by atoms with Crippen LogP contribution in [0.3, 0.4) is 0 Å². The van der Waals surface area contributed by atoms with Crippen molar-refractivity contribution >= 4 is 11.7 Å². The molecular weight excluding hydrogens is 364 g/mol. The van der Waals surface area contributed by atoms with Gasteiger partial charge in [-0.1, -0.05) is 54.6 Å². The fourth-order valence-corrected chi connectivity index (χ4v) is 3.48.